The minimum Gasteiger partial charge on any atom is -0.490 e. The fraction of sp³-hybridized carbons (Fsp3) is 0.350. The number of hydrogen-bond donors (Lipinski definition) is 2. The Bertz CT molecular complexity index is 878. The van der Waals surface area contributed by atoms with E-state index < -0.39 is 11.5 Å². The fourth-order valence-corrected chi connectivity index (χ4v) is 2.65. The molecule has 0 unspecified atom stereocenters. The van der Waals surface area contributed by atoms with Crippen LogP contribution in [0, 0.1) is 10.1 Å². The summed E-state index contributed by atoms with van der Waals surface area (Å²) in [6.07, 6.45) is 0. The number of nitrogens with zero attached hydrogens (tertiary/aromatic N) is 2. The van der Waals surface area contributed by atoms with Gasteiger partial charge < -0.3 is 20.1 Å². The highest BCUT2D eigenvalue weighted by Gasteiger charge is 2.16. The quantitative estimate of drug-likeness (QED) is 0.261. The van der Waals surface area contributed by atoms with Crippen molar-refractivity contribution < 1.29 is 23.2 Å². The van der Waals surface area contributed by atoms with Crippen LogP contribution in [0.5, 0.6) is 11.5 Å². The molecule has 0 saturated heterocycles. The molecule has 2 rings (SSSR count). The molecule has 2 aromatic carbocycles. The van der Waals surface area contributed by atoms with Crippen molar-refractivity contribution in [3.05, 3.63) is 63.7 Å². The Morgan fingerprint density at radius 2 is 1.97 bits per heavy atom. The van der Waals surface area contributed by atoms with Crippen LogP contribution in [0.4, 0.5) is 14.5 Å². The van der Waals surface area contributed by atoms with Crippen molar-refractivity contribution in [3.63, 3.8) is 0 Å². The van der Waals surface area contributed by atoms with E-state index in [1.54, 1.807) is 37.3 Å². The van der Waals surface area contributed by atoms with Crippen LogP contribution in [0.3, 0.4) is 0 Å². The Hall–Kier alpha value is -3.43. The first-order valence-corrected chi connectivity index (χ1v) is 9.39. The van der Waals surface area contributed by atoms with E-state index in [0.717, 1.165) is 0 Å². The van der Waals surface area contributed by atoms with Crippen LogP contribution in [0.1, 0.15) is 25.0 Å². The Labute approximate surface area is 173 Å². The number of nitro benzene ring substituents is 1. The lowest BCUT2D eigenvalue weighted by atomic mass is 10.2. The van der Waals surface area contributed by atoms with Crippen molar-refractivity contribution >= 4 is 11.6 Å². The zero-order valence-corrected chi connectivity index (χ0v) is 16.7. The van der Waals surface area contributed by atoms with E-state index in [9.17, 15) is 18.9 Å². The van der Waals surface area contributed by atoms with Crippen LogP contribution >= 0.6 is 0 Å². The molecule has 0 fully saturated rings. The number of ether oxygens (including phenoxy) is 2. The van der Waals surface area contributed by atoms with E-state index in [2.05, 4.69) is 20.4 Å². The first-order chi connectivity index (χ1) is 14.4. The van der Waals surface area contributed by atoms with Crippen molar-refractivity contribution in [1.29, 1.82) is 0 Å². The van der Waals surface area contributed by atoms with Gasteiger partial charge in [-0.2, -0.15) is 8.78 Å². The lowest BCUT2D eigenvalue weighted by molar-refractivity contribution is -0.384. The number of benzene rings is 2. The summed E-state index contributed by atoms with van der Waals surface area (Å²) < 4.78 is 35.8. The smallest absolute Gasteiger partial charge is 0.387 e. The lowest BCUT2D eigenvalue weighted by Crippen LogP contribution is -2.36. The summed E-state index contributed by atoms with van der Waals surface area (Å²) in [7, 11) is 0. The van der Waals surface area contributed by atoms with Crippen molar-refractivity contribution in [3.8, 4) is 11.5 Å². The Morgan fingerprint density at radius 3 is 2.63 bits per heavy atom. The van der Waals surface area contributed by atoms with Crippen LogP contribution in [0.2, 0.25) is 0 Å². The molecule has 0 aliphatic heterocycles. The molecular weight excluding hydrogens is 398 g/mol. The van der Waals surface area contributed by atoms with E-state index in [-0.39, 0.29) is 30.3 Å². The molecular formula is C20H24F2N4O4. The third-order valence-electron chi connectivity index (χ3n) is 3.90. The number of halogens is 2. The number of alkyl halides is 2. The standard InChI is InChI=1S/C20H24F2N4O4/c1-3-23-20(24-12-14-7-5-9-16(11-14)26(27)28)25-13-15-8-6-10-17(29-4-2)18(15)30-19(21)22/h5-11,19H,3-4,12-13H2,1-2H3,(H2,23,24,25). The third-order valence-corrected chi connectivity index (χ3v) is 3.90. The molecule has 0 spiro atoms. The summed E-state index contributed by atoms with van der Waals surface area (Å²) >= 11 is 0. The van der Waals surface area contributed by atoms with Gasteiger partial charge in [0.15, 0.2) is 17.5 Å². The summed E-state index contributed by atoms with van der Waals surface area (Å²) in [4.78, 5) is 14.8. The maximum atomic E-state index is 12.9. The summed E-state index contributed by atoms with van der Waals surface area (Å²) in [5.41, 5.74) is 1.13. The average Bonchev–Trinajstić information content (AvgIpc) is 2.72. The van der Waals surface area contributed by atoms with Gasteiger partial charge in [-0.05, 0) is 25.5 Å². The first kappa shape index (κ1) is 22.9. The van der Waals surface area contributed by atoms with Gasteiger partial charge in [0, 0.05) is 30.8 Å². The van der Waals surface area contributed by atoms with Gasteiger partial charge in [0.1, 0.15) is 0 Å². The van der Waals surface area contributed by atoms with E-state index in [0.29, 0.717) is 30.2 Å². The number of para-hydroxylation sites is 1. The normalized spacial score (nSPS) is 11.3. The molecule has 0 atom stereocenters. The lowest BCUT2D eigenvalue weighted by Gasteiger charge is -2.17. The predicted molar refractivity (Wildman–Crippen MR) is 109 cm³/mol. The van der Waals surface area contributed by atoms with Gasteiger partial charge in [0.2, 0.25) is 0 Å². The number of aliphatic imine (C=N–C) groups is 1. The topological polar surface area (TPSA) is 98.0 Å². The molecule has 10 heteroatoms. The molecule has 0 saturated carbocycles. The molecule has 8 nitrogen and oxygen atoms in total. The third kappa shape index (κ3) is 6.87. The van der Waals surface area contributed by atoms with Gasteiger partial charge in [-0.1, -0.05) is 24.3 Å². The Balaban J connectivity index is 2.15. The molecule has 0 bridgehead atoms. The van der Waals surface area contributed by atoms with E-state index in [4.69, 9.17) is 4.74 Å². The Morgan fingerprint density at radius 1 is 1.20 bits per heavy atom. The summed E-state index contributed by atoms with van der Waals surface area (Å²) in [6, 6.07) is 11.1. The molecule has 0 heterocycles. The second-order valence-electron chi connectivity index (χ2n) is 6.03. The molecule has 0 aromatic heterocycles. The van der Waals surface area contributed by atoms with Gasteiger partial charge in [-0.3, -0.25) is 10.1 Å². The van der Waals surface area contributed by atoms with E-state index in [1.807, 2.05) is 6.92 Å². The SMILES string of the molecule is CCNC(=NCc1cccc([N+](=O)[O-])c1)NCc1cccc(OCC)c1OC(F)F. The summed E-state index contributed by atoms with van der Waals surface area (Å²) in [5, 5.41) is 17.0. The molecule has 2 N–H and O–H groups in total. The van der Waals surface area contributed by atoms with Crippen LogP contribution in [-0.4, -0.2) is 30.6 Å². The highest BCUT2D eigenvalue weighted by molar-refractivity contribution is 5.79. The van der Waals surface area contributed by atoms with Gasteiger partial charge in [-0.15, -0.1) is 0 Å². The van der Waals surface area contributed by atoms with Crippen molar-refractivity contribution in [1.82, 2.24) is 10.6 Å². The number of rotatable bonds is 10. The van der Waals surface area contributed by atoms with Gasteiger partial charge in [0.05, 0.1) is 18.1 Å². The zero-order valence-electron chi connectivity index (χ0n) is 16.7. The monoisotopic (exact) mass is 422 g/mol. The summed E-state index contributed by atoms with van der Waals surface area (Å²) in [5.74, 6) is 0.626. The highest BCUT2D eigenvalue weighted by atomic mass is 19.3. The average molecular weight is 422 g/mol. The van der Waals surface area contributed by atoms with Gasteiger partial charge in [-0.25, -0.2) is 4.99 Å². The van der Waals surface area contributed by atoms with Gasteiger partial charge >= 0.3 is 6.61 Å². The molecule has 162 valence electrons. The van der Waals surface area contributed by atoms with Crippen molar-refractivity contribution in [2.45, 2.75) is 33.5 Å². The minimum absolute atomic E-state index is 0.0119. The van der Waals surface area contributed by atoms with Crippen molar-refractivity contribution in [2.24, 2.45) is 4.99 Å². The second kappa shape index (κ2) is 11.5. The van der Waals surface area contributed by atoms with E-state index in [1.165, 1.54) is 12.1 Å². The maximum Gasteiger partial charge on any atom is 0.387 e. The van der Waals surface area contributed by atoms with Crippen LogP contribution < -0.4 is 20.1 Å². The first-order valence-electron chi connectivity index (χ1n) is 9.39. The van der Waals surface area contributed by atoms with Crippen LogP contribution in [-0.2, 0) is 13.1 Å². The number of nitro groups is 1. The van der Waals surface area contributed by atoms with Gasteiger partial charge in [0.25, 0.3) is 5.69 Å². The predicted octanol–water partition coefficient (Wildman–Crippen LogP) is 3.85. The van der Waals surface area contributed by atoms with E-state index >= 15 is 0 Å². The second-order valence-corrected chi connectivity index (χ2v) is 6.03. The molecule has 30 heavy (non-hydrogen) atoms. The highest BCUT2D eigenvalue weighted by Crippen LogP contribution is 2.32. The molecule has 2 aromatic rings. The number of nitrogens with one attached hydrogen (secondary N) is 2. The molecule has 0 aliphatic carbocycles. The zero-order chi connectivity index (χ0) is 21.9. The maximum absolute atomic E-state index is 12.9. The van der Waals surface area contributed by atoms with Crippen LogP contribution in [0.25, 0.3) is 0 Å². The number of non-ortho nitro benzene ring substituents is 1. The van der Waals surface area contributed by atoms with Crippen LogP contribution in [0.15, 0.2) is 47.5 Å². The molecule has 0 aliphatic rings. The van der Waals surface area contributed by atoms with Crippen molar-refractivity contribution in [2.75, 3.05) is 13.2 Å². The minimum atomic E-state index is -2.99. The Kier molecular flexibility index (Phi) is 8.79. The molecule has 0 radical (unpaired) electrons. The summed E-state index contributed by atoms with van der Waals surface area (Å²) in [6.45, 7) is 1.89. The number of hydrogen-bond acceptors (Lipinski definition) is 5. The largest absolute Gasteiger partial charge is 0.490 e. The fourth-order valence-electron chi connectivity index (χ4n) is 2.65. The molecule has 0 amide bonds. The number of guanidine groups is 1.